The van der Waals surface area contributed by atoms with Crippen molar-refractivity contribution in [2.45, 2.75) is 39.7 Å². The van der Waals surface area contributed by atoms with E-state index >= 15 is 0 Å². The molecule has 138 valence electrons. The van der Waals surface area contributed by atoms with Crippen LogP contribution in [0.4, 0.5) is 0 Å². The molecule has 0 aromatic heterocycles. The summed E-state index contributed by atoms with van der Waals surface area (Å²) in [6, 6.07) is 8.52. The van der Waals surface area contributed by atoms with Crippen LogP contribution in [0.3, 0.4) is 0 Å². The van der Waals surface area contributed by atoms with Crippen LogP contribution < -0.4 is 10.6 Å². The van der Waals surface area contributed by atoms with Gasteiger partial charge in [0.25, 0.3) is 0 Å². The molecular formula is C17H30IN3O2S. The first-order chi connectivity index (χ1) is 10.8. The molecule has 7 heteroatoms. The second kappa shape index (κ2) is 11.7. The number of aliphatic imine (C=N–C) groups is 1. The number of rotatable bonds is 8. The molecule has 0 spiro atoms. The van der Waals surface area contributed by atoms with Crippen molar-refractivity contribution in [2.75, 3.05) is 25.1 Å². The van der Waals surface area contributed by atoms with Crippen molar-refractivity contribution in [1.82, 2.24) is 10.6 Å². The minimum atomic E-state index is -2.92. The lowest BCUT2D eigenvalue weighted by Crippen LogP contribution is -2.43. The lowest BCUT2D eigenvalue weighted by molar-refractivity contribution is 0.581. The third-order valence-electron chi connectivity index (χ3n) is 3.44. The maximum Gasteiger partial charge on any atom is 0.191 e. The number of nitrogens with zero attached hydrogens (tertiary/aromatic N) is 1. The zero-order valence-corrected chi connectivity index (χ0v) is 18.1. The highest BCUT2D eigenvalue weighted by Gasteiger charge is 2.09. The summed E-state index contributed by atoms with van der Waals surface area (Å²) in [4.78, 5) is 4.56. The van der Waals surface area contributed by atoms with Crippen LogP contribution in [0.1, 0.15) is 31.4 Å². The van der Waals surface area contributed by atoms with Gasteiger partial charge in [-0.15, -0.1) is 24.0 Å². The van der Waals surface area contributed by atoms with Crippen LogP contribution >= 0.6 is 24.0 Å². The second-order valence-electron chi connectivity index (χ2n) is 5.96. The van der Waals surface area contributed by atoms with Gasteiger partial charge in [0.1, 0.15) is 9.84 Å². The average Bonchev–Trinajstić information content (AvgIpc) is 2.47. The highest BCUT2D eigenvalue weighted by Crippen LogP contribution is 2.04. The number of hydrogen-bond donors (Lipinski definition) is 2. The second-order valence-corrected chi connectivity index (χ2v) is 8.22. The van der Waals surface area contributed by atoms with Crippen molar-refractivity contribution in [3.63, 3.8) is 0 Å². The fourth-order valence-electron chi connectivity index (χ4n) is 2.07. The van der Waals surface area contributed by atoms with Crippen LogP contribution in [-0.2, 0) is 16.3 Å². The smallest absolute Gasteiger partial charge is 0.191 e. The molecule has 1 aromatic carbocycles. The molecule has 0 saturated carbocycles. The summed E-state index contributed by atoms with van der Waals surface area (Å²) < 4.78 is 22.5. The summed E-state index contributed by atoms with van der Waals surface area (Å²) in [6.45, 7) is 7.52. The summed E-state index contributed by atoms with van der Waals surface area (Å²) in [6.07, 6.45) is 2.72. The van der Waals surface area contributed by atoms with E-state index in [0.717, 1.165) is 18.9 Å². The van der Waals surface area contributed by atoms with Gasteiger partial charge in [-0.2, -0.15) is 0 Å². The highest BCUT2D eigenvalue weighted by molar-refractivity contribution is 14.0. The molecule has 0 aliphatic carbocycles. The van der Waals surface area contributed by atoms with Crippen molar-refractivity contribution >= 4 is 39.8 Å². The average molecular weight is 467 g/mol. The maximum atomic E-state index is 11.2. The first-order valence-electron chi connectivity index (χ1n) is 8.08. The van der Waals surface area contributed by atoms with Gasteiger partial charge in [-0.1, -0.05) is 29.8 Å². The van der Waals surface area contributed by atoms with E-state index in [1.807, 2.05) is 13.8 Å². The normalized spacial score (nSPS) is 13.1. The van der Waals surface area contributed by atoms with E-state index in [4.69, 9.17) is 0 Å². The van der Waals surface area contributed by atoms with Crippen molar-refractivity contribution in [1.29, 1.82) is 0 Å². The van der Waals surface area contributed by atoms with Gasteiger partial charge in [-0.3, -0.25) is 4.99 Å². The Kier molecular flexibility index (Phi) is 11.3. The molecular weight excluding hydrogens is 437 g/mol. The third-order valence-corrected chi connectivity index (χ3v) is 4.42. The SMILES string of the molecule is CCNC(=NCCc1ccc(C)cc1)NC(C)CCS(C)(=O)=O.I. The van der Waals surface area contributed by atoms with E-state index in [-0.39, 0.29) is 35.8 Å². The minimum absolute atomic E-state index is 0. The Morgan fingerprint density at radius 2 is 1.88 bits per heavy atom. The standard InChI is InChI=1S/C17H29N3O2S.HI/c1-5-18-17(20-15(3)11-13-23(4,21)22)19-12-10-16-8-6-14(2)7-9-16;/h6-9,15H,5,10-13H2,1-4H3,(H2,18,19,20);1H. The molecule has 24 heavy (non-hydrogen) atoms. The molecule has 0 aliphatic heterocycles. The molecule has 0 fully saturated rings. The van der Waals surface area contributed by atoms with Crippen LogP contribution in [0.2, 0.25) is 0 Å². The molecule has 1 rings (SSSR count). The molecule has 2 N–H and O–H groups in total. The Balaban J connectivity index is 0.00000529. The largest absolute Gasteiger partial charge is 0.357 e. The van der Waals surface area contributed by atoms with Gasteiger partial charge in [-0.05, 0) is 39.2 Å². The van der Waals surface area contributed by atoms with Crippen molar-refractivity contribution in [3.05, 3.63) is 35.4 Å². The fourth-order valence-corrected chi connectivity index (χ4v) is 2.85. The van der Waals surface area contributed by atoms with Crippen LogP contribution in [0.25, 0.3) is 0 Å². The number of benzene rings is 1. The number of nitrogens with one attached hydrogen (secondary N) is 2. The predicted molar refractivity (Wildman–Crippen MR) is 113 cm³/mol. The van der Waals surface area contributed by atoms with Crippen LogP contribution in [-0.4, -0.2) is 45.5 Å². The lowest BCUT2D eigenvalue weighted by Gasteiger charge is -2.17. The van der Waals surface area contributed by atoms with Crippen molar-refractivity contribution < 1.29 is 8.42 Å². The first kappa shape index (κ1) is 23.2. The summed E-state index contributed by atoms with van der Waals surface area (Å²) >= 11 is 0. The Morgan fingerprint density at radius 1 is 1.25 bits per heavy atom. The van der Waals surface area contributed by atoms with E-state index in [9.17, 15) is 8.42 Å². The Hall–Kier alpha value is -0.830. The predicted octanol–water partition coefficient (Wildman–Crippen LogP) is 2.53. The van der Waals surface area contributed by atoms with E-state index in [1.165, 1.54) is 17.4 Å². The number of sulfone groups is 1. The minimum Gasteiger partial charge on any atom is -0.357 e. The van der Waals surface area contributed by atoms with E-state index in [2.05, 4.69) is 46.8 Å². The molecule has 0 heterocycles. The lowest BCUT2D eigenvalue weighted by atomic mass is 10.1. The van der Waals surface area contributed by atoms with Crippen LogP contribution in [0.5, 0.6) is 0 Å². The summed E-state index contributed by atoms with van der Waals surface area (Å²) in [5.41, 5.74) is 2.52. The molecule has 5 nitrogen and oxygen atoms in total. The van der Waals surface area contributed by atoms with Gasteiger partial charge < -0.3 is 10.6 Å². The van der Waals surface area contributed by atoms with Crippen molar-refractivity contribution in [3.8, 4) is 0 Å². The fraction of sp³-hybridized carbons (Fsp3) is 0.588. The Morgan fingerprint density at radius 3 is 2.42 bits per heavy atom. The Labute approximate surface area is 163 Å². The number of hydrogen-bond acceptors (Lipinski definition) is 3. The zero-order valence-electron chi connectivity index (χ0n) is 15.0. The van der Waals surface area contributed by atoms with E-state index < -0.39 is 9.84 Å². The first-order valence-corrected chi connectivity index (χ1v) is 10.1. The molecule has 1 atom stereocenters. The summed E-state index contributed by atoms with van der Waals surface area (Å²) in [5.74, 6) is 0.921. The highest BCUT2D eigenvalue weighted by atomic mass is 127. The monoisotopic (exact) mass is 467 g/mol. The number of aryl methyl sites for hydroxylation is 1. The molecule has 1 unspecified atom stereocenters. The maximum absolute atomic E-state index is 11.2. The summed E-state index contributed by atoms with van der Waals surface area (Å²) in [5, 5.41) is 6.46. The van der Waals surface area contributed by atoms with Crippen molar-refractivity contribution in [2.24, 2.45) is 4.99 Å². The quantitative estimate of drug-likeness (QED) is 0.350. The van der Waals surface area contributed by atoms with Gasteiger partial charge in [0.2, 0.25) is 0 Å². The molecule has 0 bridgehead atoms. The van der Waals surface area contributed by atoms with Gasteiger partial charge >= 0.3 is 0 Å². The summed E-state index contributed by atoms with van der Waals surface area (Å²) in [7, 11) is -2.92. The molecule has 0 aliphatic rings. The zero-order chi connectivity index (χ0) is 17.3. The molecule has 0 saturated heterocycles. The van der Waals surface area contributed by atoms with E-state index in [1.54, 1.807) is 0 Å². The molecule has 1 aromatic rings. The van der Waals surface area contributed by atoms with Crippen LogP contribution in [0, 0.1) is 6.92 Å². The topological polar surface area (TPSA) is 70.6 Å². The molecule has 0 radical (unpaired) electrons. The van der Waals surface area contributed by atoms with Gasteiger partial charge in [0.15, 0.2) is 5.96 Å². The van der Waals surface area contributed by atoms with Gasteiger partial charge in [0.05, 0.1) is 5.75 Å². The van der Waals surface area contributed by atoms with Crippen LogP contribution in [0.15, 0.2) is 29.3 Å². The number of guanidine groups is 1. The van der Waals surface area contributed by atoms with Gasteiger partial charge in [-0.25, -0.2) is 8.42 Å². The number of halogens is 1. The third kappa shape index (κ3) is 10.9. The Bertz CT molecular complexity index is 601. The molecule has 0 amide bonds. The van der Waals surface area contributed by atoms with E-state index in [0.29, 0.717) is 13.0 Å². The van der Waals surface area contributed by atoms with Gasteiger partial charge in [0, 0.05) is 25.4 Å².